The first-order chi connectivity index (χ1) is 12.7. The van der Waals surface area contributed by atoms with Crippen LogP contribution in [0.1, 0.15) is 48.2 Å². The van der Waals surface area contributed by atoms with Gasteiger partial charge in [0.25, 0.3) is 5.91 Å². The Morgan fingerprint density at radius 1 is 1.07 bits per heavy atom. The van der Waals surface area contributed by atoms with Crippen molar-refractivity contribution < 1.29 is 13.2 Å². The number of hydrogen-bond acceptors (Lipinski definition) is 3. The normalized spacial score (nSPS) is 12.4. The van der Waals surface area contributed by atoms with Gasteiger partial charge in [0.05, 0.1) is 18.5 Å². The first kappa shape index (κ1) is 21.0. The summed E-state index contributed by atoms with van der Waals surface area (Å²) >= 11 is 0. The minimum Gasteiger partial charge on any atom is -0.350 e. The molecule has 0 unspecified atom stereocenters. The van der Waals surface area contributed by atoms with Crippen molar-refractivity contribution in [3.05, 3.63) is 65.2 Å². The third-order valence-electron chi connectivity index (χ3n) is 4.36. The molecule has 146 valence electrons. The lowest BCUT2D eigenvalue weighted by atomic mass is 10.1. The van der Waals surface area contributed by atoms with Crippen LogP contribution in [-0.4, -0.2) is 26.6 Å². The van der Waals surface area contributed by atoms with Crippen LogP contribution in [0, 0.1) is 6.92 Å². The van der Waals surface area contributed by atoms with Crippen LogP contribution in [0.25, 0.3) is 0 Å². The lowest BCUT2D eigenvalue weighted by Gasteiger charge is -2.23. The van der Waals surface area contributed by atoms with Crippen molar-refractivity contribution >= 4 is 21.6 Å². The van der Waals surface area contributed by atoms with Crippen molar-refractivity contribution in [1.29, 1.82) is 0 Å². The second-order valence-corrected chi connectivity index (χ2v) is 8.87. The Balaban J connectivity index is 2.19. The highest BCUT2D eigenvalue weighted by Crippen LogP contribution is 2.21. The third kappa shape index (κ3) is 6.10. The summed E-state index contributed by atoms with van der Waals surface area (Å²) < 4.78 is 25.9. The lowest BCUT2D eigenvalue weighted by Crippen LogP contribution is -2.32. The van der Waals surface area contributed by atoms with E-state index in [-0.39, 0.29) is 18.5 Å². The summed E-state index contributed by atoms with van der Waals surface area (Å²) in [5, 5.41) is 2.95. The fourth-order valence-corrected chi connectivity index (χ4v) is 3.74. The van der Waals surface area contributed by atoms with Crippen molar-refractivity contribution in [3.63, 3.8) is 0 Å². The Morgan fingerprint density at radius 3 is 2.19 bits per heavy atom. The van der Waals surface area contributed by atoms with E-state index in [0.29, 0.717) is 11.3 Å². The predicted octanol–water partition coefficient (Wildman–Crippen LogP) is 3.88. The van der Waals surface area contributed by atoms with Gasteiger partial charge in [-0.25, -0.2) is 8.42 Å². The van der Waals surface area contributed by atoms with Crippen LogP contribution < -0.4 is 9.62 Å². The number of aryl methyl sites for hydroxylation is 1. The van der Waals surface area contributed by atoms with Crippen LogP contribution in [0.5, 0.6) is 0 Å². The summed E-state index contributed by atoms with van der Waals surface area (Å²) in [6, 6.07) is 14.5. The summed E-state index contributed by atoms with van der Waals surface area (Å²) in [6.07, 6.45) is 3.11. The van der Waals surface area contributed by atoms with Crippen LogP contribution in [0.3, 0.4) is 0 Å². The van der Waals surface area contributed by atoms with Crippen molar-refractivity contribution in [2.24, 2.45) is 0 Å². The largest absolute Gasteiger partial charge is 0.350 e. The molecule has 0 aliphatic rings. The molecule has 0 aliphatic carbocycles. The van der Waals surface area contributed by atoms with Gasteiger partial charge in [0.15, 0.2) is 0 Å². The Morgan fingerprint density at radius 2 is 1.67 bits per heavy atom. The maximum absolute atomic E-state index is 12.3. The maximum Gasteiger partial charge on any atom is 0.251 e. The number of carbonyl (C=O) groups excluding carboxylic acids is 1. The molecular weight excluding hydrogens is 360 g/mol. The molecule has 27 heavy (non-hydrogen) atoms. The molecule has 0 saturated carbocycles. The van der Waals surface area contributed by atoms with Crippen LogP contribution in [0.2, 0.25) is 0 Å². The highest BCUT2D eigenvalue weighted by Gasteiger charge is 2.18. The third-order valence-corrected chi connectivity index (χ3v) is 5.50. The number of benzene rings is 2. The van der Waals surface area contributed by atoms with Crippen LogP contribution in [0.4, 0.5) is 5.69 Å². The Hall–Kier alpha value is -2.34. The fraction of sp³-hybridized carbons (Fsp3) is 0.381. The van der Waals surface area contributed by atoms with Crippen LogP contribution >= 0.6 is 0 Å². The second-order valence-electron chi connectivity index (χ2n) is 6.97. The number of nitrogens with zero attached hydrogens (tertiary/aromatic N) is 1. The van der Waals surface area contributed by atoms with Gasteiger partial charge in [-0.15, -0.1) is 0 Å². The average molecular weight is 389 g/mol. The van der Waals surface area contributed by atoms with Gasteiger partial charge in [-0.2, -0.15) is 0 Å². The standard InChI is InChI=1S/C21H28N2O3S/c1-5-6-17(3)22-21(24)19-11-13-20(14-12-19)23(27(4,25)26)15-18-9-7-16(2)8-10-18/h7-14,17H,5-6,15H2,1-4H3,(H,22,24)/t17-/m0/s1. The molecule has 0 aliphatic heterocycles. The van der Waals surface area contributed by atoms with E-state index in [9.17, 15) is 13.2 Å². The Bertz CT molecular complexity index is 859. The van der Waals surface area contributed by atoms with Crippen molar-refractivity contribution in [2.75, 3.05) is 10.6 Å². The summed E-state index contributed by atoms with van der Waals surface area (Å²) in [4.78, 5) is 12.3. The second kappa shape index (κ2) is 9.04. The number of rotatable bonds is 8. The van der Waals surface area contributed by atoms with E-state index in [4.69, 9.17) is 0 Å². The van der Waals surface area contributed by atoms with E-state index >= 15 is 0 Å². The molecule has 6 heteroatoms. The van der Waals surface area contributed by atoms with E-state index in [2.05, 4.69) is 12.2 Å². The van der Waals surface area contributed by atoms with Crippen LogP contribution in [0.15, 0.2) is 48.5 Å². The molecule has 0 spiro atoms. The summed E-state index contributed by atoms with van der Waals surface area (Å²) in [5.41, 5.74) is 3.08. The molecule has 0 radical (unpaired) electrons. The summed E-state index contributed by atoms with van der Waals surface area (Å²) in [7, 11) is -3.45. The number of carbonyl (C=O) groups is 1. The molecule has 0 heterocycles. The molecule has 1 amide bonds. The van der Waals surface area contributed by atoms with Crippen LogP contribution in [-0.2, 0) is 16.6 Å². The van der Waals surface area contributed by atoms with E-state index in [1.54, 1.807) is 24.3 Å². The SMILES string of the molecule is CCC[C@H](C)NC(=O)c1ccc(N(Cc2ccc(C)cc2)S(C)(=O)=O)cc1. The zero-order valence-corrected chi connectivity index (χ0v) is 17.2. The summed E-state index contributed by atoms with van der Waals surface area (Å²) in [6.45, 7) is 6.29. The fourth-order valence-electron chi connectivity index (χ4n) is 2.85. The zero-order valence-electron chi connectivity index (χ0n) is 16.4. The molecule has 1 N–H and O–H groups in total. The molecule has 2 aromatic rings. The monoisotopic (exact) mass is 388 g/mol. The van der Waals surface area contributed by atoms with Crippen molar-refractivity contribution in [1.82, 2.24) is 5.32 Å². The zero-order chi connectivity index (χ0) is 20.0. The first-order valence-corrected chi connectivity index (χ1v) is 11.0. The molecule has 1 atom stereocenters. The highest BCUT2D eigenvalue weighted by molar-refractivity contribution is 7.92. The van der Waals surface area contributed by atoms with Gasteiger partial charge >= 0.3 is 0 Å². The number of hydrogen-bond donors (Lipinski definition) is 1. The van der Waals surface area contributed by atoms with E-state index < -0.39 is 10.0 Å². The maximum atomic E-state index is 12.3. The molecule has 0 aromatic heterocycles. The van der Waals surface area contributed by atoms with Crippen molar-refractivity contribution in [2.45, 2.75) is 46.2 Å². The minimum atomic E-state index is -3.45. The topological polar surface area (TPSA) is 66.5 Å². The van der Waals surface area contributed by atoms with E-state index in [1.165, 1.54) is 10.6 Å². The first-order valence-electron chi connectivity index (χ1n) is 9.15. The van der Waals surface area contributed by atoms with Gasteiger partial charge < -0.3 is 5.32 Å². The molecule has 5 nitrogen and oxygen atoms in total. The quantitative estimate of drug-likeness (QED) is 0.746. The highest BCUT2D eigenvalue weighted by atomic mass is 32.2. The number of nitrogens with one attached hydrogen (secondary N) is 1. The van der Waals surface area contributed by atoms with Gasteiger partial charge in [0.1, 0.15) is 0 Å². The van der Waals surface area contributed by atoms with E-state index in [0.717, 1.165) is 24.0 Å². The van der Waals surface area contributed by atoms with E-state index in [1.807, 2.05) is 38.1 Å². The number of sulfonamides is 1. The minimum absolute atomic E-state index is 0.108. The number of amides is 1. The Labute approximate surface area is 162 Å². The van der Waals surface area contributed by atoms with Gasteiger partial charge in [-0.3, -0.25) is 9.10 Å². The smallest absolute Gasteiger partial charge is 0.251 e. The lowest BCUT2D eigenvalue weighted by molar-refractivity contribution is 0.0938. The summed E-state index contributed by atoms with van der Waals surface area (Å²) in [5.74, 6) is -0.146. The Kier molecular flexibility index (Phi) is 7.02. The molecule has 0 fully saturated rings. The van der Waals surface area contributed by atoms with Gasteiger partial charge in [-0.05, 0) is 50.1 Å². The predicted molar refractivity (Wildman–Crippen MR) is 110 cm³/mol. The van der Waals surface area contributed by atoms with Gasteiger partial charge in [0, 0.05) is 11.6 Å². The van der Waals surface area contributed by atoms with Gasteiger partial charge in [0.2, 0.25) is 10.0 Å². The molecule has 0 saturated heterocycles. The molecule has 0 bridgehead atoms. The van der Waals surface area contributed by atoms with Gasteiger partial charge in [-0.1, -0.05) is 43.2 Å². The number of anilines is 1. The molecule has 2 rings (SSSR count). The molecular formula is C21H28N2O3S. The van der Waals surface area contributed by atoms with Crippen molar-refractivity contribution in [3.8, 4) is 0 Å². The average Bonchev–Trinajstić information content (AvgIpc) is 2.60. The molecule has 2 aromatic carbocycles.